The standard InChI is InChI=1S/C27H32O15/c1-37-17-4-10(2-3-13(17)30)24-18(7-12-14(31)5-11(29)6-16(12)39-24)40-27-23(36)21(34)25(19(8-28)41-27)42-26-22(35)20(33)15(32)9-38-26/h2-7,15,19-36H,8-9H2,1H3/p+1/t15-,19+,20-,21-,22-,23-,24?,25-,26-,27-/m1/s1. The minimum atomic E-state index is -1.79. The van der Waals surface area contributed by atoms with Crippen molar-refractivity contribution in [1.82, 2.24) is 0 Å². The molecule has 0 saturated carbocycles. The third-order valence-corrected chi connectivity index (χ3v) is 7.28. The highest BCUT2D eigenvalue weighted by Crippen LogP contribution is 2.46. The molecule has 2 fully saturated rings. The summed E-state index contributed by atoms with van der Waals surface area (Å²) in [5.74, 6) is -0.342. The van der Waals surface area contributed by atoms with E-state index in [1.54, 1.807) is 0 Å². The highest BCUT2D eigenvalue weighted by molar-refractivity contribution is 5.69. The molecule has 1 unspecified atom stereocenters. The van der Waals surface area contributed by atoms with Crippen molar-refractivity contribution in [2.75, 3.05) is 20.3 Å². The summed E-state index contributed by atoms with van der Waals surface area (Å²) in [7, 11) is 1.36. The number of ether oxygens (including phenoxy) is 6. The van der Waals surface area contributed by atoms with E-state index in [1.807, 2.05) is 0 Å². The van der Waals surface area contributed by atoms with Gasteiger partial charge in [0.2, 0.25) is 6.29 Å². The zero-order valence-electron chi connectivity index (χ0n) is 22.2. The molecule has 0 aliphatic carbocycles. The first kappa shape index (κ1) is 30.1. The molecule has 3 heterocycles. The lowest BCUT2D eigenvalue weighted by molar-refractivity contribution is -0.345. The zero-order chi connectivity index (χ0) is 30.3. The van der Waals surface area contributed by atoms with E-state index in [0.29, 0.717) is 5.56 Å². The lowest BCUT2D eigenvalue weighted by Crippen LogP contribution is -2.63. The van der Waals surface area contributed by atoms with E-state index in [4.69, 9.17) is 23.7 Å². The van der Waals surface area contributed by atoms with E-state index >= 15 is 0 Å². The van der Waals surface area contributed by atoms with E-state index in [-0.39, 0.29) is 46.7 Å². The van der Waals surface area contributed by atoms with Crippen molar-refractivity contribution in [1.29, 1.82) is 0 Å². The van der Waals surface area contributed by atoms with E-state index < -0.39 is 68.0 Å². The molecule has 2 saturated heterocycles. The van der Waals surface area contributed by atoms with Gasteiger partial charge in [-0.15, -0.1) is 0 Å². The zero-order valence-corrected chi connectivity index (χ0v) is 22.2. The van der Waals surface area contributed by atoms with Gasteiger partial charge >= 0.3 is 0 Å². The van der Waals surface area contributed by atoms with Crippen LogP contribution in [0.1, 0.15) is 17.2 Å². The Hall–Kier alpha value is -3.38. The molecule has 2 aromatic rings. The van der Waals surface area contributed by atoms with Gasteiger partial charge in [0.1, 0.15) is 59.8 Å². The maximum Gasteiger partial charge on any atom is 0.270 e. The highest BCUT2D eigenvalue weighted by atomic mass is 16.7. The fraction of sp³-hybridized carbons (Fsp3) is 0.481. The Kier molecular flexibility index (Phi) is 8.66. The summed E-state index contributed by atoms with van der Waals surface area (Å²) in [6.45, 7) is -1.11. The van der Waals surface area contributed by atoms with E-state index in [9.17, 15) is 46.0 Å². The molecule has 15 heteroatoms. The van der Waals surface area contributed by atoms with Crippen LogP contribution >= 0.6 is 0 Å². The predicted octanol–water partition coefficient (Wildman–Crippen LogP) is -1.57. The fourth-order valence-electron chi connectivity index (χ4n) is 4.99. The molecule has 42 heavy (non-hydrogen) atoms. The average molecular weight is 598 g/mol. The summed E-state index contributed by atoms with van der Waals surface area (Å²) < 4.78 is 32.3. The van der Waals surface area contributed by atoms with Crippen molar-refractivity contribution in [3.63, 3.8) is 0 Å². The van der Waals surface area contributed by atoms with Crippen LogP contribution in [0.2, 0.25) is 0 Å². The van der Waals surface area contributed by atoms with E-state index in [0.717, 1.165) is 6.07 Å². The number of fused-ring (bicyclic) bond motifs is 1. The maximum absolute atomic E-state index is 11.0. The van der Waals surface area contributed by atoms with Crippen LogP contribution in [0.25, 0.3) is 6.08 Å². The quantitative estimate of drug-likeness (QED) is 0.164. The summed E-state index contributed by atoms with van der Waals surface area (Å²) in [4.78, 5) is 0. The first-order valence-electron chi connectivity index (χ1n) is 13.0. The number of methoxy groups -OCH3 is 1. The number of aliphatic hydroxyl groups is 7. The lowest BCUT2D eigenvalue weighted by Gasteiger charge is -2.44. The van der Waals surface area contributed by atoms with E-state index in [1.165, 1.54) is 37.5 Å². The summed E-state index contributed by atoms with van der Waals surface area (Å²) in [6, 6.07) is 6.81. The van der Waals surface area contributed by atoms with Gasteiger partial charge in [0, 0.05) is 12.1 Å². The number of hydrogen-bond acceptors (Lipinski definition) is 14. The Morgan fingerprint density at radius 1 is 0.905 bits per heavy atom. The average Bonchev–Trinajstić information content (AvgIpc) is 2.97. The maximum atomic E-state index is 11.0. The van der Waals surface area contributed by atoms with Crippen LogP contribution in [0.5, 0.6) is 28.7 Å². The number of hydrogen-bond donors (Lipinski definition) is 9. The van der Waals surface area contributed by atoms with Gasteiger partial charge in [0.15, 0.2) is 23.5 Å². The highest BCUT2D eigenvalue weighted by Gasteiger charge is 2.50. The summed E-state index contributed by atoms with van der Waals surface area (Å²) in [5, 5.41) is 92.2. The monoisotopic (exact) mass is 597 g/mol. The van der Waals surface area contributed by atoms with E-state index in [2.05, 4.69) is 4.74 Å². The van der Waals surface area contributed by atoms with Crippen LogP contribution in [0.4, 0.5) is 0 Å². The summed E-state index contributed by atoms with van der Waals surface area (Å²) in [5.41, 5.74) is 0.624. The van der Waals surface area contributed by atoms with Gasteiger partial charge in [0.25, 0.3) is 11.9 Å². The number of rotatable bonds is 7. The first-order chi connectivity index (χ1) is 20.0. The Morgan fingerprint density at radius 3 is 2.36 bits per heavy atom. The van der Waals surface area contributed by atoms with Crippen molar-refractivity contribution in [3.05, 3.63) is 47.2 Å². The minimum absolute atomic E-state index is 0.0201. The van der Waals surface area contributed by atoms with Crippen LogP contribution < -0.4 is 4.74 Å². The number of phenols is 3. The SMILES string of the molecule is COc1cc(C2[OH+]c3cc(O)cc(O)c3C=C2O[C@@H]2O[C@@H](CO)[C@@H](O[C@H]3OC[C@@H](O)[C@@H](O)[C@H]3O)[C@H](O)[C@H]2O)ccc1O. The predicted molar refractivity (Wildman–Crippen MR) is 138 cm³/mol. The fourth-order valence-corrected chi connectivity index (χ4v) is 4.99. The third-order valence-electron chi connectivity index (χ3n) is 7.28. The van der Waals surface area contributed by atoms with Crippen LogP contribution in [-0.4, -0.2) is 126 Å². The van der Waals surface area contributed by atoms with Gasteiger partial charge in [0.05, 0.1) is 32.0 Å². The summed E-state index contributed by atoms with van der Waals surface area (Å²) >= 11 is 0. The second-order valence-electron chi connectivity index (χ2n) is 10.1. The topological polar surface area (TPSA) is 241 Å². The molecule has 230 valence electrons. The largest absolute Gasteiger partial charge is 0.571 e. The molecule has 0 radical (unpaired) electrons. The van der Waals surface area contributed by atoms with Gasteiger partial charge in [-0.05, 0) is 18.2 Å². The number of benzene rings is 2. The van der Waals surface area contributed by atoms with Gasteiger partial charge < -0.3 is 74.4 Å². The normalized spacial score (nSPS) is 34.6. The molecule has 10 atom stereocenters. The second kappa shape index (κ2) is 12.1. The molecule has 0 amide bonds. The second-order valence-corrected chi connectivity index (χ2v) is 10.1. The van der Waals surface area contributed by atoms with Crippen LogP contribution in [0.3, 0.4) is 0 Å². The Morgan fingerprint density at radius 2 is 1.64 bits per heavy atom. The van der Waals surface area contributed by atoms with Crippen LogP contribution in [0, 0.1) is 0 Å². The molecule has 0 aromatic heterocycles. The van der Waals surface area contributed by atoms with Gasteiger partial charge in [-0.25, -0.2) is 0 Å². The Bertz CT molecular complexity index is 1300. The summed E-state index contributed by atoms with van der Waals surface area (Å²) in [6.07, 6.45) is -13.7. The Balaban J connectivity index is 1.42. The van der Waals surface area contributed by atoms with Crippen molar-refractivity contribution in [2.45, 2.75) is 61.4 Å². The van der Waals surface area contributed by atoms with Crippen LogP contribution in [0.15, 0.2) is 36.1 Å². The van der Waals surface area contributed by atoms with Crippen molar-refractivity contribution >= 4 is 6.08 Å². The molecule has 2 aromatic carbocycles. The van der Waals surface area contributed by atoms with Crippen molar-refractivity contribution in [3.8, 4) is 28.7 Å². The first-order valence-corrected chi connectivity index (χ1v) is 13.0. The number of aliphatic hydroxyl groups excluding tert-OH is 6. The van der Waals surface area contributed by atoms with Crippen LogP contribution in [-0.2, 0) is 18.9 Å². The molecular formula is C27H33O15+. The smallest absolute Gasteiger partial charge is 0.270 e. The number of aromatic hydroxyl groups is 4. The molecule has 15 nitrogen and oxygen atoms in total. The molecule has 5 rings (SSSR count). The van der Waals surface area contributed by atoms with Crippen molar-refractivity contribution < 1.29 is 74.4 Å². The molecule has 3 aliphatic rings. The molecule has 0 spiro atoms. The minimum Gasteiger partial charge on any atom is -0.571 e. The molecule has 0 bridgehead atoms. The number of phenolic OH excluding ortho intramolecular Hbond substituents is 3. The Labute approximate surface area is 238 Å². The lowest BCUT2D eigenvalue weighted by atomic mass is 9.97. The van der Waals surface area contributed by atoms with Crippen molar-refractivity contribution in [2.24, 2.45) is 0 Å². The van der Waals surface area contributed by atoms with Gasteiger partial charge in [-0.1, -0.05) is 0 Å². The third kappa shape index (κ3) is 5.66. The molecule has 3 aliphatic heterocycles. The van der Waals surface area contributed by atoms with Gasteiger partial charge in [-0.3, -0.25) is 0 Å². The molecule has 10 N–H and O–H groups in total. The van der Waals surface area contributed by atoms with Gasteiger partial charge in [-0.2, -0.15) is 0 Å². The molecular weight excluding hydrogens is 564 g/mol.